The molecule has 9 heavy (non-hydrogen) atoms. The van der Waals surface area contributed by atoms with Crippen molar-refractivity contribution < 1.29 is 0 Å². The molecule has 1 aliphatic heterocycles. The van der Waals surface area contributed by atoms with Crippen LogP contribution in [0, 0.1) is 12.8 Å². The molecule has 1 rings (SSSR count). The molecule has 0 bridgehead atoms. The van der Waals surface area contributed by atoms with Gasteiger partial charge in [-0.15, -0.1) is 0 Å². The van der Waals surface area contributed by atoms with Crippen molar-refractivity contribution in [3.63, 3.8) is 0 Å². The van der Waals surface area contributed by atoms with E-state index in [-0.39, 0.29) is 0 Å². The van der Waals surface area contributed by atoms with Crippen molar-refractivity contribution >= 4 is 0 Å². The van der Waals surface area contributed by atoms with Crippen LogP contribution in [-0.4, -0.2) is 24.5 Å². The van der Waals surface area contributed by atoms with Crippen LogP contribution in [0.1, 0.15) is 19.8 Å². The van der Waals surface area contributed by atoms with E-state index in [0.717, 1.165) is 12.5 Å². The van der Waals surface area contributed by atoms with Gasteiger partial charge in [0.25, 0.3) is 0 Å². The summed E-state index contributed by atoms with van der Waals surface area (Å²) in [7, 11) is 0. The van der Waals surface area contributed by atoms with Crippen molar-refractivity contribution in [1.82, 2.24) is 4.90 Å². The van der Waals surface area contributed by atoms with Crippen molar-refractivity contribution in [2.75, 3.05) is 19.6 Å². The molecule has 1 nitrogen and oxygen atoms in total. The largest absolute Gasteiger partial charge is 0.303 e. The van der Waals surface area contributed by atoms with Gasteiger partial charge in [0, 0.05) is 6.54 Å². The number of likely N-dealkylation sites (tertiary alicyclic amines) is 1. The summed E-state index contributed by atoms with van der Waals surface area (Å²) in [6, 6.07) is 0. The standard InChI is InChI=1S/C8H16N/c1-3-8-5-6-9(4-2)7-8/h8H,2-7H2,1H3. The molecule has 1 atom stereocenters. The topological polar surface area (TPSA) is 3.24 Å². The van der Waals surface area contributed by atoms with Gasteiger partial charge in [0.15, 0.2) is 0 Å². The number of hydrogen-bond acceptors (Lipinski definition) is 1. The molecule has 1 aliphatic rings. The summed E-state index contributed by atoms with van der Waals surface area (Å²) >= 11 is 0. The zero-order valence-electron chi connectivity index (χ0n) is 6.27. The summed E-state index contributed by atoms with van der Waals surface area (Å²) in [6.07, 6.45) is 2.74. The Labute approximate surface area is 58.0 Å². The number of nitrogens with zero attached hydrogens (tertiary/aromatic N) is 1. The molecule has 0 N–H and O–H groups in total. The minimum absolute atomic E-state index is 0.965. The number of rotatable bonds is 2. The van der Waals surface area contributed by atoms with Crippen LogP contribution < -0.4 is 0 Å². The van der Waals surface area contributed by atoms with Gasteiger partial charge in [0.2, 0.25) is 0 Å². The Kier molecular flexibility index (Phi) is 2.52. The molecular weight excluding hydrogens is 110 g/mol. The fourth-order valence-electron chi connectivity index (χ4n) is 1.45. The van der Waals surface area contributed by atoms with E-state index in [1.165, 1.54) is 25.9 Å². The van der Waals surface area contributed by atoms with E-state index in [9.17, 15) is 0 Å². The summed E-state index contributed by atoms with van der Waals surface area (Å²) in [5.74, 6) is 0.965. The highest BCUT2D eigenvalue weighted by atomic mass is 15.1. The minimum Gasteiger partial charge on any atom is -0.303 e. The Bertz CT molecular complexity index is 70.6. The predicted octanol–water partition coefficient (Wildman–Crippen LogP) is 1.55. The lowest BCUT2D eigenvalue weighted by atomic mass is 10.1. The third-order valence-corrected chi connectivity index (χ3v) is 2.26. The van der Waals surface area contributed by atoms with Crippen LogP contribution in [-0.2, 0) is 0 Å². The van der Waals surface area contributed by atoms with Gasteiger partial charge < -0.3 is 4.90 Å². The molecule has 1 heteroatoms. The quantitative estimate of drug-likeness (QED) is 0.542. The van der Waals surface area contributed by atoms with Crippen molar-refractivity contribution in [2.45, 2.75) is 19.8 Å². The molecule has 53 valence electrons. The van der Waals surface area contributed by atoms with Gasteiger partial charge in [0.1, 0.15) is 0 Å². The lowest BCUT2D eigenvalue weighted by Crippen LogP contribution is -2.19. The van der Waals surface area contributed by atoms with Crippen molar-refractivity contribution in [3.05, 3.63) is 6.92 Å². The van der Waals surface area contributed by atoms with Crippen LogP contribution >= 0.6 is 0 Å². The first-order valence-corrected chi connectivity index (χ1v) is 3.88. The van der Waals surface area contributed by atoms with Crippen LogP contribution in [0.25, 0.3) is 0 Å². The van der Waals surface area contributed by atoms with Crippen LogP contribution in [0.5, 0.6) is 0 Å². The average molecular weight is 126 g/mol. The lowest BCUT2D eigenvalue weighted by Gasteiger charge is -2.10. The van der Waals surface area contributed by atoms with E-state index >= 15 is 0 Å². The fraction of sp³-hybridized carbons (Fsp3) is 0.875. The van der Waals surface area contributed by atoms with E-state index in [2.05, 4.69) is 18.7 Å². The maximum atomic E-state index is 3.86. The van der Waals surface area contributed by atoms with E-state index in [0.29, 0.717) is 0 Å². The first-order valence-electron chi connectivity index (χ1n) is 3.88. The predicted molar refractivity (Wildman–Crippen MR) is 40.2 cm³/mol. The van der Waals surface area contributed by atoms with Gasteiger partial charge in [-0.2, -0.15) is 0 Å². The second-order valence-corrected chi connectivity index (χ2v) is 2.86. The molecule has 1 saturated heterocycles. The molecular formula is C8H16N. The van der Waals surface area contributed by atoms with Gasteiger partial charge in [-0.25, -0.2) is 0 Å². The summed E-state index contributed by atoms with van der Waals surface area (Å²) in [6.45, 7) is 9.71. The molecule has 1 heterocycles. The van der Waals surface area contributed by atoms with Gasteiger partial charge in [-0.1, -0.05) is 13.3 Å². The van der Waals surface area contributed by atoms with Gasteiger partial charge >= 0.3 is 0 Å². The van der Waals surface area contributed by atoms with Crippen LogP contribution in [0.4, 0.5) is 0 Å². The Hall–Kier alpha value is -0.0400. The molecule has 0 aliphatic carbocycles. The molecule has 0 amide bonds. The summed E-state index contributed by atoms with van der Waals surface area (Å²) in [5, 5.41) is 0. The second-order valence-electron chi connectivity index (χ2n) is 2.86. The maximum absolute atomic E-state index is 3.86. The number of hydrogen-bond donors (Lipinski definition) is 0. The maximum Gasteiger partial charge on any atom is 0.00100 e. The molecule has 1 radical (unpaired) electrons. The van der Waals surface area contributed by atoms with Gasteiger partial charge in [0.05, 0.1) is 0 Å². The third-order valence-electron chi connectivity index (χ3n) is 2.26. The van der Waals surface area contributed by atoms with Crippen LogP contribution in [0.15, 0.2) is 0 Å². The Morgan fingerprint density at radius 1 is 1.67 bits per heavy atom. The van der Waals surface area contributed by atoms with Crippen LogP contribution in [0.3, 0.4) is 0 Å². The molecule has 0 aromatic heterocycles. The Morgan fingerprint density at radius 2 is 2.44 bits per heavy atom. The van der Waals surface area contributed by atoms with Crippen molar-refractivity contribution in [3.8, 4) is 0 Å². The highest BCUT2D eigenvalue weighted by molar-refractivity contribution is 4.74. The van der Waals surface area contributed by atoms with Crippen molar-refractivity contribution in [2.24, 2.45) is 5.92 Å². The van der Waals surface area contributed by atoms with E-state index < -0.39 is 0 Å². The fourth-order valence-corrected chi connectivity index (χ4v) is 1.45. The van der Waals surface area contributed by atoms with E-state index in [4.69, 9.17) is 0 Å². The first-order chi connectivity index (χ1) is 4.36. The lowest BCUT2D eigenvalue weighted by molar-refractivity contribution is 0.355. The van der Waals surface area contributed by atoms with Crippen molar-refractivity contribution in [1.29, 1.82) is 0 Å². The van der Waals surface area contributed by atoms with E-state index in [1.807, 2.05) is 0 Å². The smallest absolute Gasteiger partial charge is 0.00100 e. The summed E-state index contributed by atoms with van der Waals surface area (Å²) in [4.78, 5) is 2.42. The molecule has 1 fully saturated rings. The molecule has 1 unspecified atom stereocenters. The zero-order valence-corrected chi connectivity index (χ0v) is 6.27. The van der Waals surface area contributed by atoms with E-state index in [1.54, 1.807) is 0 Å². The molecule has 0 aromatic rings. The van der Waals surface area contributed by atoms with Gasteiger partial charge in [-0.3, -0.25) is 0 Å². The highest BCUT2D eigenvalue weighted by Gasteiger charge is 2.18. The van der Waals surface area contributed by atoms with Crippen LogP contribution in [0.2, 0.25) is 0 Å². The third kappa shape index (κ3) is 1.68. The monoisotopic (exact) mass is 126 g/mol. The molecule has 0 saturated carbocycles. The molecule has 0 spiro atoms. The molecule has 0 aromatic carbocycles. The zero-order chi connectivity index (χ0) is 6.69. The highest BCUT2D eigenvalue weighted by Crippen LogP contribution is 2.17. The summed E-state index contributed by atoms with van der Waals surface area (Å²) < 4.78 is 0. The minimum atomic E-state index is 0.965. The average Bonchev–Trinajstić information content (AvgIpc) is 2.34. The summed E-state index contributed by atoms with van der Waals surface area (Å²) in [5.41, 5.74) is 0. The Balaban J connectivity index is 2.20. The van der Waals surface area contributed by atoms with Gasteiger partial charge in [-0.05, 0) is 32.4 Å². The normalized spacial score (nSPS) is 29.3. The SMILES string of the molecule is [CH2]CN1CCC(CC)C1. The Morgan fingerprint density at radius 3 is 2.78 bits per heavy atom. The second kappa shape index (κ2) is 3.21. The first kappa shape index (κ1) is 7.07.